The first-order valence-electron chi connectivity index (χ1n) is 2.45. The lowest BCUT2D eigenvalue weighted by molar-refractivity contribution is 0.0391. The van der Waals surface area contributed by atoms with Crippen molar-refractivity contribution in [1.29, 1.82) is 0 Å². The van der Waals surface area contributed by atoms with Gasteiger partial charge >= 0.3 is 7.82 Å². The number of hydrogen-bond donors (Lipinski definition) is 4. The third-order valence-corrected chi connectivity index (χ3v) is 1.27. The second-order valence-corrected chi connectivity index (χ2v) is 2.78. The summed E-state index contributed by atoms with van der Waals surface area (Å²) >= 11 is 0. The van der Waals surface area contributed by atoms with Gasteiger partial charge in [-0.2, -0.15) is 0 Å². The molecule has 0 aromatic heterocycles. The van der Waals surface area contributed by atoms with Crippen LogP contribution in [0.4, 0.5) is 0 Å². The van der Waals surface area contributed by atoms with Crippen LogP contribution in [0.3, 0.4) is 0 Å². The molecule has 0 fully saturated rings. The summed E-state index contributed by atoms with van der Waals surface area (Å²) in [5.74, 6) is 0. The molecular formula is C3H13O6PSi. The van der Waals surface area contributed by atoms with Crippen LogP contribution in [-0.4, -0.2) is 50.3 Å². The fourth-order valence-corrected chi connectivity index (χ4v) is 0.840. The number of rotatable bonds is 4. The van der Waals surface area contributed by atoms with Crippen molar-refractivity contribution in [2.45, 2.75) is 6.10 Å². The predicted octanol–water partition coefficient (Wildman–Crippen LogP) is -3.00. The maximum absolute atomic E-state index is 10.0. The van der Waals surface area contributed by atoms with E-state index in [-0.39, 0.29) is 11.0 Å². The molecule has 0 rings (SSSR count). The van der Waals surface area contributed by atoms with Crippen LogP contribution in [0.15, 0.2) is 0 Å². The minimum absolute atomic E-state index is 0. The Morgan fingerprint density at radius 3 is 1.73 bits per heavy atom. The number of phosphoric ester groups is 1. The second-order valence-electron chi connectivity index (χ2n) is 1.58. The molecule has 70 valence electrons. The highest BCUT2D eigenvalue weighted by Gasteiger charge is 2.20. The molecule has 0 radical (unpaired) electrons. The Bertz CT molecular complexity index is 130. The van der Waals surface area contributed by atoms with E-state index in [1.807, 2.05) is 0 Å². The topological polar surface area (TPSA) is 107 Å². The van der Waals surface area contributed by atoms with E-state index in [4.69, 9.17) is 20.0 Å². The molecule has 0 amide bonds. The monoisotopic (exact) mass is 204 g/mol. The van der Waals surface area contributed by atoms with Gasteiger partial charge in [0.15, 0.2) is 0 Å². The molecule has 4 N–H and O–H groups in total. The van der Waals surface area contributed by atoms with Crippen LogP contribution in [0, 0.1) is 0 Å². The quantitative estimate of drug-likeness (QED) is 0.287. The molecule has 0 saturated heterocycles. The summed E-state index contributed by atoms with van der Waals surface area (Å²) in [5, 5.41) is 16.5. The minimum Gasteiger partial charge on any atom is -0.394 e. The Balaban J connectivity index is 0. The Kier molecular flexibility index (Phi) is 7.33. The zero-order valence-corrected chi connectivity index (χ0v) is 5.94. The van der Waals surface area contributed by atoms with Crippen LogP contribution in [-0.2, 0) is 9.09 Å². The maximum Gasteiger partial charge on any atom is 0.470 e. The van der Waals surface area contributed by atoms with Crippen molar-refractivity contribution in [2.75, 3.05) is 13.2 Å². The standard InChI is InChI=1S/C3H9O6P.H4Si/c4-1-3(2-5)9-10(6,7)8;/h3-5H,1-2H2,(H2,6,7,8);1H4. The van der Waals surface area contributed by atoms with Gasteiger partial charge in [-0.25, -0.2) is 4.57 Å². The molecule has 0 spiro atoms. The molecule has 0 aromatic carbocycles. The van der Waals surface area contributed by atoms with Gasteiger partial charge in [0.05, 0.1) is 13.2 Å². The summed E-state index contributed by atoms with van der Waals surface area (Å²) in [5.41, 5.74) is 0. The molecule has 0 bridgehead atoms. The van der Waals surface area contributed by atoms with Crippen molar-refractivity contribution in [3.8, 4) is 0 Å². The minimum atomic E-state index is -4.57. The van der Waals surface area contributed by atoms with Crippen LogP contribution >= 0.6 is 7.82 Å². The van der Waals surface area contributed by atoms with E-state index >= 15 is 0 Å². The lowest BCUT2D eigenvalue weighted by Crippen LogP contribution is -2.20. The lowest BCUT2D eigenvalue weighted by atomic mass is 10.4. The average molecular weight is 204 g/mol. The first-order valence-corrected chi connectivity index (χ1v) is 3.98. The Morgan fingerprint density at radius 1 is 1.27 bits per heavy atom. The number of aliphatic hydroxyl groups excluding tert-OH is 2. The first kappa shape index (κ1) is 13.8. The molecule has 8 heteroatoms. The summed E-state index contributed by atoms with van der Waals surface area (Å²) in [4.78, 5) is 16.2. The van der Waals surface area contributed by atoms with Crippen LogP contribution in [0.5, 0.6) is 0 Å². The molecule has 0 aliphatic carbocycles. The maximum atomic E-state index is 10.0. The number of hydrogen-bond acceptors (Lipinski definition) is 4. The molecule has 0 aromatic rings. The van der Waals surface area contributed by atoms with Crippen molar-refractivity contribution in [1.82, 2.24) is 0 Å². The van der Waals surface area contributed by atoms with Gasteiger partial charge < -0.3 is 20.0 Å². The third-order valence-electron chi connectivity index (χ3n) is 0.694. The average Bonchev–Trinajstić information content (AvgIpc) is 1.81. The molecule has 0 aliphatic heterocycles. The molecule has 0 saturated carbocycles. The summed E-state index contributed by atoms with van der Waals surface area (Å²) < 4.78 is 13.9. The largest absolute Gasteiger partial charge is 0.470 e. The van der Waals surface area contributed by atoms with Gasteiger partial charge in [0.2, 0.25) is 0 Å². The highest BCUT2D eigenvalue weighted by atomic mass is 31.2. The fraction of sp³-hybridized carbons (Fsp3) is 1.00. The van der Waals surface area contributed by atoms with Gasteiger partial charge in [0.1, 0.15) is 6.10 Å². The summed E-state index contributed by atoms with van der Waals surface area (Å²) in [6.45, 7) is -1.25. The SMILES string of the molecule is O=P(O)(O)OC(CO)CO.[SiH4]. The summed E-state index contributed by atoms with van der Waals surface area (Å²) in [6.07, 6.45) is -1.21. The van der Waals surface area contributed by atoms with E-state index < -0.39 is 27.1 Å². The van der Waals surface area contributed by atoms with Crippen LogP contribution in [0.1, 0.15) is 0 Å². The molecule has 0 aliphatic rings. The van der Waals surface area contributed by atoms with Crippen LogP contribution < -0.4 is 0 Å². The first-order chi connectivity index (χ1) is 4.49. The zero-order chi connectivity index (χ0) is 8.20. The highest BCUT2D eigenvalue weighted by molar-refractivity contribution is 7.46. The van der Waals surface area contributed by atoms with E-state index in [0.717, 1.165) is 0 Å². The van der Waals surface area contributed by atoms with Gasteiger partial charge in [-0.15, -0.1) is 0 Å². The molecular weight excluding hydrogens is 191 g/mol. The van der Waals surface area contributed by atoms with E-state index in [9.17, 15) is 4.57 Å². The van der Waals surface area contributed by atoms with Crippen molar-refractivity contribution < 1.29 is 29.1 Å². The van der Waals surface area contributed by atoms with Gasteiger partial charge in [-0.05, 0) is 11.0 Å². The Morgan fingerprint density at radius 2 is 1.64 bits per heavy atom. The third kappa shape index (κ3) is 8.15. The summed E-state index contributed by atoms with van der Waals surface area (Å²) in [7, 11) is -4.57. The number of aliphatic hydroxyl groups is 2. The van der Waals surface area contributed by atoms with Crippen molar-refractivity contribution in [3.63, 3.8) is 0 Å². The second kappa shape index (κ2) is 5.84. The van der Waals surface area contributed by atoms with E-state index in [1.165, 1.54) is 0 Å². The van der Waals surface area contributed by atoms with Crippen molar-refractivity contribution in [2.24, 2.45) is 0 Å². The normalized spacial score (nSPS) is 11.4. The van der Waals surface area contributed by atoms with Gasteiger partial charge in [0, 0.05) is 0 Å². The van der Waals surface area contributed by atoms with Crippen LogP contribution in [0.25, 0.3) is 0 Å². The van der Waals surface area contributed by atoms with Gasteiger partial charge in [-0.3, -0.25) is 4.52 Å². The molecule has 11 heavy (non-hydrogen) atoms. The molecule has 0 atom stereocenters. The van der Waals surface area contributed by atoms with Crippen molar-refractivity contribution >= 4 is 18.8 Å². The molecule has 0 heterocycles. The summed E-state index contributed by atoms with van der Waals surface area (Å²) in [6, 6.07) is 0. The Hall–Kier alpha value is 0.247. The molecule has 0 unspecified atom stereocenters. The lowest BCUT2D eigenvalue weighted by Gasteiger charge is -2.11. The van der Waals surface area contributed by atoms with Crippen LogP contribution in [0.2, 0.25) is 0 Å². The van der Waals surface area contributed by atoms with E-state index in [1.54, 1.807) is 0 Å². The fourth-order valence-electron chi connectivity index (χ4n) is 0.319. The highest BCUT2D eigenvalue weighted by Crippen LogP contribution is 2.37. The number of phosphoric acid groups is 1. The predicted molar refractivity (Wildman–Crippen MR) is 42.4 cm³/mol. The Labute approximate surface area is 68.1 Å². The van der Waals surface area contributed by atoms with Gasteiger partial charge in [0.25, 0.3) is 0 Å². The van der Waals surface area contributed by atoms with Crippen molar-refractivity contribution in [3.05, 3.63) is 0 Å². The molecule has 6 nitrogen and oxygen atoms in total. The van der Waals surface area contributed by atoms with Gasteiger partial charge in [-0.1, -0.05) is 0 Å². The van der Waals surface area contributed by atoms with E-state index in [0.29, 0.717) is 0 Å². The smallest absolute Gasteiger partial charge is 0.394 e. The van der Waals surface area contributed by atoms with E-state index in [2.05, 4.69) is 4.52 Å². The zero-order valence-electron chi connectivity index (χ0n) is 5.04.